The average molecular weight is 198 g/mol. The standard InChI is InChI=1S/C11H22N2O/c1-12-6-7-13(8-11(12)9-14)10-4-2-3-5-10/h10-11,14H,2-9H2,1H3. The van der Waals surface area contributed by atoms with E-state index in [2.05, 4.69) is 16.8 Å². The summed E-state index contributed by atoms with van der Waals surface area (Å²) in [5, 5.41) is 9.25. The second-order valence-corrected chi connectivity index (χ2v) is 4.75. The molecule has 1 saturated heterocycles. The van der Waals surface area contributed by atoms with E-state index in [1.165, 1.54) is 32.2 Å². The lowest BCUT2D eigenvalue weighted by atomic mass is 10.1. The van der Waals surface area contributed by atoms with Crippen LogP contribution in [0.15, 0.2) is 0 Å². The van der Waals surface area contributed by atoms with E-state index in [1.54, 1.807) is 0 Å². The lowest BCUT2D eigenvalue weighted by Crippen LogP contribution is -2.55. The van der Waals surface area contributed by atoms with Gasteiger partial charge in [0.15, 0.2) is 0 Å². The van der Waals surface area contributed by atoms with Crippen molar-refractivity contribution in [2.24, 2.45) is 0 Å². The number of piperazine rings is 1. The van der Waals surface area contributed by atoms with Gasteiger partial charge in [0.1, 0.15) is 0 Å². The molecule has 0 aromatic rings. The largest absolute Gasteiger partial charge is 0.395 e. The molecule has 0 amide bonds. The maximum absolute atomic E-state index is 9.25. The number of likely N-dealkylation sites (N-methyl/N-ethyl adjacent to an activating group) is 1. The summed E-state index contributed by atoms with van der Waals surface area (Å²) in [5.41, 5.74) is 0. The highest BCUT2D eigenvalue weighted by molar-refractivity contribution is 4.85. The smallest absolute Gasteiger partial charge is 0.0599 e. The first-order valence-corrected chi connectivity index (χ1v) is 5.86. The van der Waals surface area contributed by atoms with Crippen molar-refractivity contribution in [3.05, 3.63) is 0 Å². The van der Waals surface area contributed by atoms with Crippen molar-refractivity contribution in [2.45, 2.75) is 37.8 Å². The van der Waals surface area contributed by atoms with Gasteiger partial charge in [-0.25, -0.2) is 0 Å². The Labute approximate surface area is 86.7 Å². The summed E-state index contributed by atoms with van der Waals surface area (Å²) in [7, 11) is 2.12. The van der Waals surface area contributed by atoms with Crippen molar-refractivity contribution in [1.29, 1.82) is 0 Å². The van der Waals surface area contributed by atoms with Gasteiger partial charge in [0.05, 0.1) is 6.61 Å². The summed E-state index contributed by atoms with van der Waals surface area (Å²) in [6.45, 7) is 3.68. The van der Waals surface area contributed by atoms with Gasteiger partial charge in [-0.1, -0.05) is 12.8 Å². The number of aliphatic hydroxyl groups is 1. The van der Waals surface area contributed by atoms with Crippen LogP contribution in [0.5, 0.6) is 0 Å². The number of hydrogen-bond donors (Lipinski definition) is 1. The second-order valence-electron chi connectivity index (χ2n) is 4.75. The van der Waals surface area contributed by atoms with E-state index < -0.39 is 0 Å². The van der Waals surface area contributed by atoms with Crippen LogP contribution >= 0.6 is 0 Å². The van der Waals surface area contributed by atoms with Crippen LogP contribution in [0.2, 0.25) is 0 Å². The van der Waals surface area contributed by atoms with Crippen molar-refractivity contribution in [3.8, 4) is 0 Å². The molecule has 3 nitrogen and oxygen atoms in total. The van der Waals surface area contributed by atoms with Crippen LogP contribution in [0, 0.1) is 0 Å². The zero-order valence-electron chi connectivity index (χ0n) is 9.15. The molecular weight excluding hydrogens is 176 g/mol. The molecule has 3 heteroatoms. The molecule has 1 unspecified atom stereocenters. The van der Waals surface area contributed by atoms with Crippen LogP contribution in [-0.2, 0) is 0 Å². The molecule has 1 N–H and O–H groups in total. The Bertz CT molecular complexity index is 180. The van der Waals surface area contributed by atoms with E-state index in [1.807, 2.05) is 0 Å². The molecule has 14 heavy (non-hydrogen) atoms. The van der Waals surface area contributed by atoms with E-state index >= 15 is 0 Å². The van der Waals surface area contributed by atoms with Crippen molar-refractivity contribution in [1.82, 2.24) is 9.80 Å². The lowest BCUT2D eigenvalue weighted by molar-refractivity contribution is 0.0368. The van der Waals surface area contributed by atoms with Crippen molar-refractivity contribution < 1.29 is 5.11 Å². The third-order valence-corrected chi connectivity index (χ3v) is 3.86. The molecule has 1 saturated carbocycles. The average Bonchev–Trinajstić information content (AvgIpc) is 2.71. The summed E-state index contributed by atoms with van der Waals surface area (Å²) >= 11 is 0. The Kier molecular flexibility index (Phi) is 3.42. The second kappa shape index (κ2) is 4.60. The summed E-state index contributed by atoms with van der Waals surface area (Å²) in [6, 6.07) is 1.18. The first-order chi connectivity index (χ1) is 6.81. The van der Waals surface area contributed by atoms with Gasteiger partial charge in [0, 0.05) is 31.7 Å². The number of hydrogen-bond acceptors (Lipinski definition) is 3. The predicted octanol–water partition coefficient (Wildman–Crippen LogP) is 0.537. The zero-order chi connectivity index (χ0) is 9.97. The summed E-state index contributed by atoms with van der Waals surface area (Å²) in [4.78, 5) is 4.87. The zero-order valence-corrected chi connectivity index (χ0v) is 9.15. The van der Waals surface area contributed by atoms with E-state index in [0.29, 0.717) is 12.6 Å². The van der Waals surface area contributed by atoms with Gasteiger partial charge in [-0.2, -0.15) is 0 Å². The van der Waals surface area contributed by atoms with E-state index in [4.69, 9.17) is 0 Å². The normalized spacial score (nSPS) is 32.6. The van der Waals surface area contributed by atoms with Crippen molar-refractivity contribution in [2.75, 3.05) is 33.3 Å². The first kappa shape index (κ1) is 10.4. The molecule has 0 spiro atoms. The third-order valence-electron chi connectivity index (χ3n) is 3.86. The Balaban J connectivity index is 1.88. The van der Waals surface area contributed by atoms with Gasteiger partial charge in [0.2, 0.25) is 0 Å². The molecule has 82 valence electrons. The minimum absolute atomic E-state index is 0.305. The Hall–Kier alpha value is -0.120. The Morgan fingerprint density at radius 3 is 2.57 bits per heavy atom. The number of nitrogens with zero attached hydrogens (tertiary/aromatic N) is 2. The first-order valence-electron chi connectivity index (χ1n) is 5.86. The molecule has 0 radical (unpaired) electrons. The van der Waals surface area contributed by atoms with Gasteiger partial charge in [-0.3, -0.25) is 9.80 Å². The number of rotatable bonds is 2. The van der Waals surface area contributed by atoms with Gasteiger partial charge < -0.3 is 5.11 Å². The lowest BCUT2D eigenvalue weighted by Gasteiger charge is -2.41. The minimum atomic E-state index is 0.305. The maximum atomic E-state index is 9.25. The summed E-state index contributed by atoms with van der Waals surface area (Å²) < 4.78 is 0. The fourth-order valence-corrected chi connectivity index (χ4v) is 2.77. The van der Waals surface area contributed by atoms with E-state index in [9.17, 15) is 5.11 Å². The highest BCUT2D eigenvalue weighted by atomic mass is 16.3. The monoisotopic (exact) mass is 198 g/mol. The predicted molar refractivity (Wildman–Crippen MR) is 57.3 cm³/mol. The molecule has 0 aromatic carbocycles. The van der Waals surface area contributed by atoms with Gasteiger partial charge in [-0.05, 0) is 19.9 Å². The fourth-order valence-electron chi connectivity index (χ4n) is 2.77. The van der Waals surface area contributed by atoms with Crippen LogP contribution in [-0.4, -0.2) is 60.3 Å². The minimum Gasteiger partial charge on any atom is -0.395 e. The van der Waals surface area contributed by atoms with E-state index in [0.717, 1.165) is 19.1 Å². The molecule has 1 aliphatic heterocycles. The molecule has 0 bridgehead atoms. The Morgan fingerprint density at radius 2 is 1.93 bits per heavy atom. The van der Waals surface area contributed by atoms with Gasteiger partial charge in [-0.15, -0.1) is 0 Å². The Morgan fingerprint density at radius 1 is 1.21 bits per heavy atom. The molecule has 0 aromatic heterocycles. The van der Waals surface area contributed by atoms with Crippen molar-refractivity contribution >= 4 is 0 Å². The topological polar surface area (TPSA) is 26.7 Å². The van der Waals surface area contributed by atoms with Gasteiger partial charge >= 0.3 is 0 Å². The van der Waals surface area contributed by atoms with Crippen LogP contribution < -0.4 is 0 Å². The molecule has 2 fully saturated rings. The third kappa shape index (κ3) is 2.10. The van der Waals surface area contributed by atoms with Crippen LogP contribution in [0.3, 0.4) is 0 Å². The van der Waals surface area contributed by atoms with E-state index in [-0.39, 0.29) is 0 Å². The van der Waals surface area contributed by atoms with Crippen LogP contribution in [0.4, 0.5) is 0 Å². The van der Waals surface area contributed by atoms with Crippen LogP contribution in [0.25, 0.3) is 0 Å². The van der Waals surface area contributed by atoms with Crippen molar-refractivity contribution in [3.63, 3.8) is 0 Å². The molecule has 2 rings (SSSR count). The highest BCUT2D eigenvalue weighted by Gasteiger charge is 2.29. The fraction of sp³-hybridized carbons (Fsp3) is 1.00. The summed E-state index contributed by atoms with van der Waals surface area (Å²) in [5.74, 6) is 0. The molecule has 1 aliphatic carbocycles. The molecule has 1 heterocycles. The summed E-state index contributed by atoms with van der Waals surface area (Å²) in [6.07, 6.45) is 5.56. The SMILES string of the molecule is CN1CCN(C2CCCC2)CC1CO. The highest BCUT2D eigenvalue weighted by Crippen LogP contribution is 2.25. The molecular formula is C11H22N2O. The molecule has 2 aliphatic rings. The quantitative estimate of drug-likeness (QED) is 0.701. The molecule has 1 atom stereocenters. The van der Waals surface area contributed by atoms with Gasteiger partial charge in [0.25, 0.3) is 0 Å². The number of aliphatic hydroxyl groups excluding tert-OH is 1. The van der Waals surface area contributed by atoms with Crippen LogP contribution in [0.1, 0.15) is 25.7 Å². The maximum Gasteiger partial charge on any atom is 0.0599 e.